The molecule has 0 unspecified atom stereocenters. The lowest BCUT2D eigenvalue weighted by Crippen LogP contribution is -2.58. The summed E-state index contributed by atoms with van der Waals surface area (Å²) in [6, 6.07) is 7.98. The number of hydrogen-bond donors (Lipinski definition) is 2. The van der Waals surface area contributed by atoms with Gasteiger partial charge in [-0.3, -0.25) is 9.88 Å². The number of aliphatic imine (C=N–C) groups is 2. The topological polar surface area (TPSA) is 102 Å². The van der Waals surface area contributed by atoms with Gasteiger partial charge in [0, 0.05) is 5.39 Å². The van der Waals surface area contributed by atoms with Crippen LogP contribution in [0.4, 0.5) is 5.69 Å². The Morgan fingerprint density at radius 1 is 1.16 bits per heavy atom. The van der Waals surface area contributed by atoms with Crippen molar-refractivity contribution in [3.63, 3.8) is 0 Å². The fraction of sp³-hybridized carbons (Fsp3) is 0.389. The van der Waals surface area contributed by atoms with Crippen LogP contribution in [0.2, 0.25) is 0 Å². The van der Waals surface area contributed by atoms with Gasteiger partial charge in [0.1, 0.15) is 11.4 Å². The molecule has 1 spiro atoms. The molecule has 1 aromatic heterocycles. The van der Waals surface area contributed by atoms with Crippen LogP contribution in [0.1, 0.15) is 32.1 Å². The molecule has 0 atom stereocenters. The number of anilines is 1. The van der Waals surface area contributed by atoms with E-state index in [1.165, 1.54) is 6.42 Å². The van der Waals surface area contributed by atoms with E-state index in [1.807, 2.05) is 29.2 Å². The summed E-state index contributed by atoms with van der Waals surface area (Å²) < 4.78 is 5.29. The predicted molar refractivity (Wildman–Crippen MR) is 99.8 cm³/mol. The van der Waals surface area contributed by atoms with Gasteiger partial charge in [-0.25, -0.2) is 4.99 Å². The van der Waals surface area contributed by atoms with Crippen LogP contribution in [0.15, 0.2) is 40.4 Å². The number of rotatable bonds is 2. The van der Waals surface area contributed by atoms with Gasteiger partial charge in [0.15, 0.2) is 0 Å². The molecule has 4 N–H and O–H groups in total. The molecule has 0 bridgehead atoms. The van der Waals surface area contributed by atoms with Crippen LogP contribution in [-0.4, -0.2) is 29.7 Å². The minimum Gasteiger partial charge on any atom is -0.495 e. The van der Waals surface area contributed by atoms with E-state index in [9.17, 15) is 0 Å². The van der Waals surface area contributed by atoms with Gasteiger partial charge in [-0.1, -0.05) is 18.6 Å². The van der Waals surface area contributed by atoms with Crippen molar-refractivity contribution < 1.29 is 4.74 Å². The third-order valence-corrected chi connectivity index (χ3v) is 4.99. The highest BCUT2D eigenvalue weighted by Gasteiger charge is 2.43. The molecule has 2 heterocycles. The molecular weight excluding hydrogens is 316 g/mol. The maximum atomic E-state index is 6.32. The molecule has 1 fully saturated rings. The Hall–Kier alpha value is -2.83. The van der Waals surface area contributed by atoms with Crippen molar-refractivity contribution in [3.8, 4) is 5.75 Å². The van der Waals surface area contributed by atoms with Crippen LogP contribution >= 0.6 is 0 Å². The van der Waals surface area contributed by atoms with Gasteiger partial charge in [-0.15, -0.1) is 0 Å². The van der Waals surface area contributed by atoms with E-state index >= 15 is 0 Å². The molecule has 4 rings (SSSR count). The first-order valence-electron chi connectivity index (χ1n) is 8.55. The lowest BCUT2D eigenvalue weighted by atomic mass is 9.87. The van der Waals surface area contributed by atoms with Gasteiger partial charge in [0.25, 0.3) is 0 Å². The quantitative estimate of drug-likeness (QED) is 0.875. The molecule has 0 saturated heterocycles. The molecule has 1 aliphatic heterocycles. The van der Waals surface area contributed by atoms with E-state index in [0.29, 0.717) is 5.96 Å². The second kappa shape index (κ2) is 5.91. The van der Waals surface area contributed by atoms with E-state index in [1.54, 1.807) is 13.3 Å². The Labute approximate surface area is 146 Å². The van der Waals surface area contributed by atoms with Gasteiger partial charge in [0.2, 0.25) is 11.9 Å². The monoisotopic (exact) mass is 338 g/mol. The first-order valence-corrected chi connectivity index (χ1v) is 8.55. The van der Waals surface area contributed by atoms with Crippen molar-refractivity contribution in [2.75, 3.05) is 12.0 Å². The van der Waals surface area contributed by atoms with Crippen molar-refractivity contribution in [2.45, 2.75) is 37.8 Å². The summed E-state index contributed by atoms with van der Waals surface area (Å²) in [4.78, 5) is 15.6. The number of para-hydroxylation sites is 1. The van der Waals surface area contributed by atoms with E-state index in [4.69, 9.17) is 21.2 Å². The zero-order valence-electron chi connectivity index (χ0n) is 14.3. The Morgan fingerprint density at radius 3 is 2.72 bits per heavy atom. The van der Waals surface area contributed by atoms with Crippen molar-refractivity contribution in [1.82, 2.24) is 4.98 Å². The highest BCUT2D eigenvalue weighted by molar-refractivity contribution is 6.09. The van der Waals surface area contributed by atoms with Crippen LogP contribution in [0.25, 0.3) is 10.9 Å². The Bertz CT molecular complexity index is 869. The van der Waals surface area contributed by atoms with E-state index in [0.717, 1.165) is 48.0 Å². The molecule has 2 aliphatic rings. The summed E-state index contributed by atoms with van der Waals surface area (Å²) in [6.45, 7) is 0. The fourth-order valence-corrected chi connectivity index (χ4v) is 3.89. The normalized spacial score (nSPS) is 19.6. The molecule has 1 aliphatic carbocycles. The van der Waals surface area contributed by atoms with Gasteiger partial charge < -0.3 is 16.2 Å². The largest absolute Gasteiger partial charge is 0.495 e. The number of ether oxygens (including phenoxy) is 1. The summed E-state index contributed by atoms with van der Waals surface area (Å²) >= 11 is 0. The molecule has 0 amide bonds. The second-order valence-electron chi connectivity index (χ2n) is 6.54. The first kappa shape index (κ1) is 15.7. The van der Waals surface area contributed by atoms with Crippen LogP contribution in [0, 0.1) is 0 Å². The zero-order chi connectivity index (χ0) is 17.4. The molecule has 1 saturated carbocycles. The minimum atomic E-state index is -0.468. The van der Waals surface area contributed by atoms with Crippen LogP contribution in [0.3, 0.4) is 0 Å². The third kappa shape index (κ3) is 2.56. The lowest BCUT2D eigenvalue weighted by molar-refractivity contribution is 0.306. The van der Waals surface area contributed by atoms with E-state index in [2.05, 4.69) is 9.98 Å². The predicted octanol–water partition coefficient (Wildman–Crippen LogP) is 2.35. The Kier molecular flexibility index (Phi) is 3.71. The van der Waals surface area contributed by atoms with Crippen LogP contribution in [0.5, 0.6) is 5.75 Å². The number of hydrogen-bond acceptors (Lipinski definition) is 7. The Balaban J connectivity index is 1.89. The smallest absolute Gasteiger partial charge is 0.220 e. The fourth-order valence-electron chi connectivity index (χ4n) is 3.89. The number of guanidine groups is 2. The molecule has 0 radical (unpaired) electrons. The molecule has 25 heavy (non-hydrogen) atoms. The van der Waals surface area contributed by atoms with E-state index in [-0.39, 0.29) is 5.96 Å². The molecular formula is C18H22N6O. The Morgan fingerprint density at radius 2 is 1.96 bits per heavy atom. The second-order valence-corrected chi connectivity index (χ2v) is 6.54. The molecule has 7 heteroatoms. The molecule has 130 valence electrons. The summed E-state index contributed by atoms with van der Waals surface area (Å²) in [5.41, 5.74) is 13.5. The van der Waals surface area contributed by atoms with Gasteiger partial charge >= 0.3 is 0 Å². The minimum absolute atomic E-state index is 0.255. The number of methoxy groups -OCH3 is 1. The van der Waals surface area contributed by atoms with Gasteiger partial charge in [-0.2, -0.15) is 4.99 Å². The molecule has 7 nitrogen and oxygen atoms in total. The highest BCUT2D eigenvalue weighted by Crippen LogP contribution is 2.41. The maximum absolute atomic E-state index is 6.32. The number of nitrogens with two attached hydrogens (primary N) is 2. The third-order valence-electron chi connectivity index (χ3n) is 4.99. The average molecular weight is 338 g/mol. The number of fused-ring (bicyclic) bond motifs is 1. The number of benzene rings is 1. The van der Waals surface area contributed by atoms with Gasteiger partial charge in [-0.05, 0) is 37.8 Å². The molecule has 2 aromatic rings. The summed E-state index contributed by atoms with van der Waals surface area (Å²) in [6.07, 6.45) is 6.90. The zero-order valence-corrected chi connectivity index (χ0v) is 14.3. The SMILES string of the molecule is COc1cnc2c(N3C(N)=NC(N)=NC34CCCCC4)cccc2c1. The number of pyridine rings is 1. The number of aromatic nitrogens is 1. The summed E-state index contributed by atoms with van der Waals surface area (Å²) in [5, 5.41) is 0.984. The van der Waals surface area contributed by atoms with Crippen LogP contribution in [-0.2, 0) is 0 Å². The summed E-state index contributed by atoms with van der Waals surface area (Å²) in [7, 11) is 1.64. The standard InChI is InChI=1S/C18H22N6O/c1-25-13-10-12-6-5-7-14(15(12)21-11-13)24-17(20)22-16(19)23-18(24)8-3-2-4-9-18/h5-7,10-11H,2-4,8-9H2,1H3,(H4,19,20,22,23). The summed E-state index contributed by atoms with van der Waals surface area (Å²) in [5.74, 6) is 1.35. The first-order chi connectivity index (χ1) is 12.1. The van der Waals surface area contributed by atoms with Crippen molar-refractivity contribution in [2.24, 2.45) is 21.5 Å². The van der Waals surface area contributed by atoms with Crippen molar-refractivity contribution >= 4 is 28.5 Å². The van der Waals surface area contributed by atoms with Crippen LogP contribution < -0.4 is 21.1 Å². The maximum Gasteiger partial charge on any atom is 0.220 e. The van der Waals surface area contributed by atoms with Gasteiger partial charge in [0.05, 0.1) is 24.5 Å². The average Bonchev–Trinajstić information content (AvgIpc) is 2.61. The molecule has 1 aromatic carbocycles. The lowest BCUT2D eigenvalue weighted by Gasteiger charge is -2.45. The van der Waals surface area contributed by atoms with E-state index < -0.39 is 5.66 Å². The van der Waals surface area contributed by atoms with Crippen molar-refractivity contribution in [3.05, 3.63) is 30.5 Å². The highest BCUT2D eigenvalue weighted by atomic mass is 16.5. The number of nitrogens with zero attached hydrogens (tertiary/aromatic N) is 4. The van der Waals surface area contributed by atoms with Crippen molar-refractivity contribution in [1.29, 1.82) is 0 Å².